The maximum atomic E-state index is 12.8. The van der Waals surface area contributed by atoms with Gasteiger partial charge in [0.15, 0.2) is 8.32 Å². The first-order chi connectivity index (χ1) is 13.1. The molecule has 1 fully saturated rings. The van der Waals surface area contributed by atoms with E-state index in [4.69, 9.17) is 9.16 Å². The van der Waals surface area contributed by atoms with Gasteiger partial charge in [-0.15, -0.1) is 0 Å². The van der Waals surface area contributed by atoms with Gasteiger partial charge in [0.2, 0.25) is 5.91 Å². The zero-order chi connectivity index (χ0) is 20.6. The fourth-order valence-corrected chi connectivity index (χ4v) is 5.27. The predicted octanol–water partition coefficient (Wildman–Crippen LogP) is 2.76. The van der Waals surface area contributed by atoms with Crippen molar-refractivity contribution in [1.29, 1.82) is 0 Å². The monoisotopic (exact) mass is 403 g/mol. The second-order valence-electron chi connectivity index (χ2n) is 8.61. The number of amides is 1. The maximum Gasteiger partial charge on any atom is 0.355 e. The van der Waals surface area contributed by atoms with Crippen molar-refractivity contribution in [3.8, 4) is 0 Å². The fraction of sp³-hybridized carbons (Fsp3) is 0.524. The summed E-state index contributed by atoms with van der Waals surface area (Å²) in [6.07, 6.45) is 0.282. The Labute approximate surface area is 167 Å². The molecular formula is C21H29NO5Si. The van der Waals surface area contributed by atoms with Crippen LogP contribution in [0.2, 0.25) is 19.6 Å². The lowest BCUT2D eigenvalue weighted by molar-refractivity contribution is -0.162. The highest BCUT2D eigenvalue weighted by Gasteiger charge is 2.57. The Morgan fingerprint density at radius 2 is 1.93 bits per heavy atom. The predicted molar refractivity (Wildman–Crippen MR) is 108 cm³/mol. The highest BCUT2D eigenvalue weighted by atomic mass is 28.4. The summed E-state index contributed by atoms with van der Waals surface area (Å²) in [5, 5.41) is 9.73. The molecule has 3 unspecified atom stereocenters. The summed E-state index contributed by atoms with van der Waals surface area (Å²) in [7, 11) is -1.78. The molecule has 1 aromatic rings. The average molecular weight is 404 g/mol. The molecule has 6 nitrogen and oxygen atoms in total. The third-order valence-electron chi connectivity index (χ3n) is 5.22. The molecule has 2 heterocycles. The summed E-state index contributed by atoms with van der Waals surface area (Å²) in [5.41, 5.74) is 2.78. The van der Waals surface area contributed by atoms with E-state index >= 15 is 0 Å². The van der Waals surface area contributed by atoms with Crippen LogP contribution in [0.4, 0.5) is 0 Å². The molecule has 1 amide bonds. The van der Waals surface area contributed by atoms with Crippen molar-refractivity contribution in [3.05, 3.63) is 46.7 Å². The SMILES string of the molecule is Cc1ccc(COC(=O)C2=C(CO)CC3C(C(C)O[Si](C)(C)C)C(=O)N23)cc1. The first kappa shape index (κ1) is 20.8. The van der Waals surface area contributed by atoms with E-state index in [1.807, 2.05) is 38.1 Å². The first-order valence-corrected chi connectivity index (χ1v) is 13.1. The second-order valence-corrected chi connectivity index (χ2v) is 13.1. The minimum absolute atomic E-state index is 0.124. The molecule has 0 saturated carbocycles. The fourth-order valence-electron chi connectivity index (χ4n) is 4.01. The Kier molecular flexibility index (Phi) is 5.79. The number of aliphatic hydroxyl groups is 1. The van der Waals surface area contributed by atoms with Crippen molar-refractivity contribution >= 4 is 20.2 Å². The normalized spacial score (nSPS) is 22.8. The number of β-lactam (4-membered cyclic amide) rings is 1. The summed E-state index contributed by atoms with van der Waals surface area (Å²) >= 11 is 0. The summed E-state index contributed by atoms with van der Waals surface area (Å²) in [5.74, 6) is -0.963. The number of rotatable bonds is 7. The molecule has 2 aliphatic rings. The van der Waals surface area contributed by atoms with Crippen LogP contribution >= 0.6 is 0 Å². The van der Waals surface area contributed by atoms with E-state index in [1.165, 1.54) is 4.90 Å². The van der Waals surface area contributed by atoms with Crippen LogP contribution in [-0.4, -0.2) is 49.0 Å². The maximum absolute atomic E-state index is 12.8. The minimum atomic E-state index is -1.78. The lowest BCUT2D eigenvalue weighted by Gasteiger charge is -2.47. The number of carbonyl (C=O) groups is 2. The van der Waals surface area contributed by atoms with Crippen LogP contribution < -0.4 is 0 Å². The minimum Gasteiger partial charge on any atom is -0.456 e. The number of hydrogen-bond acceptors (Lipinski definition) is 5. The van der Waals surface area contributed by atoms with Gasteiger partial charge in [0.05, 0.1) is 24.7 Å². The zero-order valence-corrected chi connectivity index (χ0v) is 18.2. The van der Waals surface area contributed by atoms with Gasteiger partial charge in [0.1, 0.15) is 12.3 Å². The smallest absolute Gasteiger partial charge is 0.355 e. The average Bonchev–Trinajstić information content (AvgIpc) is 2.93. The van der Waals surface area contributed by atoms with Crippen LogP contribution in [0.5, 0.6) is 0 Å². The van der Waals surface area contributed by atoms with E-state index in [-0.39, 0.29) is 42.9 Å². The van der Waals surface area contributed by atoms with E-state index < -0.39 is 14.3 Å². The van der Waals surface area contributed by atoms with Crippen LogP contribution in [0.25, 0.3) is 0 Å². The summed E-state index contributed by atoms with van der Waals surface area (Å²) in [6, 6.07) is 7.58. The lowest BCUT2D eigenvalue weighted by atomic mass is 9.83. The van der Waals surface area contributed by atoms with E-state index in [0.29, 0.717) is 12.0 Å². The molecule has 0 aromatic heterocycles. The molecule has 3 atom stereocenters. The van der Waals surface area contributed by atoms with E-state index in [1.54, 1.807) is 0 Å². The molecule has 0 aliphatic carbocycles. The Bertz CT molecular complexity index is 796. The van der Waals surface area contributed by atoms with Crippen LogP contribution in [0.3, 0.4) is 0 Å². The van der Waals surface area contributed by atoms with E-state index in [2.05, 4.69) is 19.6 Å². The number of fused-ring (bicyclic) bond motifs is 1. The highest BCUT2D eigenvalue weighted by molar-refractivity contribution is 6.69. The van der Waals surface area contributed by atoms with Crippen LogP contribution in [-0.2, 0) is 25.4 Å². The molecular weight excluding hydrogens is 374 g/mol. The van der Waals surface area contributed by atoms with E-state index in [0.717, 1.165) is 11.1 Å². The van der Waals surface area contributed by atoms with E-state index in [9.17, 15) is 14.7 Å². The zero-order valence-electron chi connectivity index (χ0n) is 17.2. The summed E-state index contributed by atoms with van der Waals surface area (Å²) in [4.78, 5) is 27.0. The van der Waals surface area contributed by atoms with Gasteiger partial charge in [-0.25, -0.2) is 4.79 Å². The second kappa shape index (κ2) is 7.81. The summed E-state index contributed by atoms with van der Waals surface area (Å²) < 4.78 is 11.5. The van der Waals surface area contributed by atoms with Crippen LogP contribution in [0, 0.1) is 12.8 Å². The molecule has 0 spiro atoms. The molecule has 1 saturated heterocycles. The Balaban J connectivity index is 1.69. The van der Waals surface area contributed by atoms with Gasteiger partial charge in [-0.3, -0.25) is 4.79 Å². The van der Waals surface area contributed by atoms with Crippen molar-refractivity contribution < 1.29 is 23.9 Å². The Hall–Kier alpha value is -1.96. The van der Waals surface area contributed by atoms with Crippen LogP contribution in [0.1, 0.15) is 24.5 Å². The third-order valence-corrected chi connectivity index (χ3v) is 6.30. The van der Waals surface area contributed by atoms with Gasteiger partial charge < -0.3 is 19.2 Å². The van der Waals surface area contributed by atoms with Gasteiger partial charge in [0, 0.05) is 0 Å². The largest absolute Gasteiger partial charge is 0.456 e. The number of ether oxygens (including phenoxy) is 1. The molecule has 7 heteroatoms. The molecule has 3 rings (SSSR count). The van der Waals surface area contributed by atoms with Crippen LogP contribution in [0.15, 0.2) is 35.5 Å². The Morgan fingerprint density at radius 1 is 1.29 bits per heavy atom. The van der Waals surface area contributed by atoms with Gasteiger partial charge in [-0.05, 0) is 51.0 Å². The van der Waals surface area contributed by atoms with Crippen molar-refractivity contribution in [2.75, 3.05) is 6.61 Å². The molecule has 1 aromatic carbocycles. The summed E-state index contributed by atoms with van der Waals surface area (Å²) in [6.45, 7) is 10.0. The number of hydrogen-bond donors (Lipinski definition) is 1. The molecule has 0 radical (unpaired) electrons. The number of aliphatic hydroxyl groups excluding tert-OH is 1. The van der Waals surface area contributed by atoms with Gasteiger partial charge in [0.25, 0.3) is 0 Å². The lowest BCUT2D eigenvalue weighted by Crippen LogP contribution is -2.63. The molecule has 2 aliphatic heterocycles. The molecule has 0 bridgehead atoms. The number of esters is 1. The number of carbonyl (C=O) groups excluding carboxylic acids is 2. The van der Waals surface area contributed by atoms with Gasteiger partial charge in [-0.1, -0.05) is 29.8 Å². The van der Waals surface area contributed by atoms with Crippen molar-refractivity contribution in [1.82, 2.24) is 4.90 Å². The van der Waals surface area contributed by atoms with Crippen molar-refractivity contribution in [3.63, 3.8) is 0 Å². The highest BCUT2D eigenvalue weighted by Crippen LogP contribution is 2.44. The number of benzene rings is 1. The topological polar surface area (TPSA) is 76.1 Å². The standard InChI is InChI=1S/C21H29NO5Si/c1-13-6-8-15(9-7-13)12-26-21(25)19-16(11-23)10-17-18(20(24)22(17)19)14(2)27-28(3,4)5/h6-9,14,17-18,23H,10-12H2,1-5H3. The van der Waals surface area contributed by atoms with Crippen molar-refractivity contribution in [2.24, 2.45) is 5.92 Å². The quantitative estimate of drug-likeness (QED) is 0.430. The first-order valence-electron chi connectivity index (χ1n) is 9.69. The third kappa shape index (κ3) is 4.06. The van der Waals surface area contributed by atoms with Gasteiger partial charge in [-0.2, -0.15) is 0 Å². The van der Waals surface area contributed by atoms with Gasteiger partial charge >= 0.3 is 5.97 Å². The Morgan fingerprint density at radius 3 is 2.50 bits per heavy atom. The molecule has 1 N–H and O–H groups in total. The molecule has 28 heavy (non-hydrogen) atoms. The number of nitrogens with zero attached hydrogens (tertiary/aromatic N) is 1. The number of aryl methyl sites for hydroxylation is 1. The van der Waals surface area contributed by atoms with Crippen molar-refractivity contribution in [2.45, 2.75) is 58.7 Å². The molecule has 152 valence electrons.